The maximum absolute atomic E-state index is 12.5. The number of hydrogen-bond donors (Lipinski definition) is 2. The van der Waals surface area contributed by atoms with Gasteiger partial charge in [-0.25, -0.2) is 4.68 Å². The lowest BCUT2D eigenvalue weighted by Gasteiger charge is -2.06. The molecule has 0 saturated heterocycles. The van der Waals surface area contributed by atoms with Crippen LogP contribution in [0.5, 0.6) is 0 Å². The lowest BCUT2D eigenvalue weighted by Crippen LogP contribution is -2.32. The maximum Gasteiger partial charge on any atom is 0.272 e. The van der Waals surface area contributed by atoms with Gasteiger partial charge in [0.05, 0.1) is 5.69 Å². The number of nitrogens with zero attached hydrogens (tertiary/aromatic N) is 2. The van der Waals surface area contributed by atoms with Crippen LogP contribution < -0.4 is 10.6 Å². The van der Waals surface area contributed by atoms with Crippen LogP contribution in [0.15, 0.2) is 28.7 Å². The van der Waals surface area contributed by atoms with Crippen LogP contribution in [-0.4, -0.2) is 35.3 Å². The number of carbonyl (C=O) groups is 1. The lowest BCUT2D eigenvalue weighted by molar-refractivity contribution is 0.0947. The van der Waals surface area contributed by atoms with Crippen LogP contribution in [0.4, 0.5) is 0 Å². The average molecular weight is 377 g/mol. The molecule has 1 aromatic heterocycles. The second-order valence-corrected chi connectivity index (χ2v) is 6.54. The molecule has 6 heteroatoms. The Bertz CT molecular complexity index is 711. The standard InChI is InChI=1S/C17H21BrN4O/c1-2-19-9-10-20-17(23)16-14-7-4-8-15(14)22(21-16)13-6-3-5-12(18)11-13/h3,5-6,11,19H,2,4,7-10H2,1H3,(H,20,23). The first-order valence-electron chi connectivity index (χ1n) is 8.06. The van der Waals surface area contributed by atoms with Crippen molar-refractivity contribution in [2.24, 2.45) is 0 Å². The van der Waals surface area contributed by atoms with E-state index in [0.717, 1.165) is 48.1 Å². The number of fused-ring (bicyclic) bond motifs is 1. The van der Waals surface area contributed by atoms with Crippen molar-refractivity contribution in [2.75, 3.05) is 19.6 Å². The van der Waals surface area contributed by atoms with Gasteiger partial charge in [0.25, 0.3) is 5.91 Å². The third-order valence-electron chi connectivity index (χ3n) is 4.04. The minimum atomic E-state index is -0.0743. The Hall–Kier alpha value is -1.66. The summed E-state index contributed by atoms with van der Waals surface area (Å²) in [5.74, 6) is -0.0743. The van der Waals surface area contributed by atoms with Crippen molar-refractivity contribution < 1.29 is 4.79 Å². The minimum absolute atomic E-state index is 0.0743. The van der Waals surface area contributed by atoms with Gasteiger partial charge >= 0.3 is 0 Å². The molecule has 0 atom stereocenters. The molecular formula is C17H21BrN4O. The van der Waals surface area contributed by atoms with Crippen molar-refractivity contribution in [3.05, 3.63) is 45.7 Å². The van der Waals surface area contributed by atoms with E-state index in [1.807, 2.05) is 35.9 Å². The van der Waals surface area contributed by atoms with E-state index >= 15 is 0 Å². The summed E-state index contributed by atoms with van der Waals surface area (Å²) in [6, 6.07) is 8.02. The van der Waals surface area contributed by atoms with Gasteiger partial charge in [-0.1, -0.05) is 28.9 Å². The second kappa shape index (κ2) is 7.27. The van der Waals surface area contributed by atoms with Crippen LogP contribution in [0, 0.1) is 0 Å². The van der Waals surface area contributed by atoms with Gasteiger partial charge in [-0.15, -0.1) is 0 Å². The molecule has 0 aliphatic heterocycles. The van der Waals surface area contributed by atoms with Gasteiger partial charge in [-0.3, -0.25) is 4.79 Å². The van der Waals surface area contributed by atoms with E-state index in [9.17, 15) is 4.79 Å². The van der Waals surface area contributed by atoms with Crippen molar-refractivity contribution in [3.8, 4) is 5.69 Å². The Kier molecular flexibility index (Phi) is 5.13. The first kappa shape index (κ1) is 16.2. The normalized spacial score (nSPS) is 13.1. The lowest BCUT2D eigenvalue weighted by atomic mass is 10.2. The number of rotatable bonds is 6. The summed E-state index contributed by atoms with van der Waals surface area (Å²) in [6.07, 6.45) is 2.98. The summed E-state index contributed by atoms with van der Waals surface area (Å²) in [5, 5.41) is 10.8. The summed E-state index contributed by atoms with van der Waals surface area (Å²) in [6.45, 7) is 4.35. The molecule has 0 radical (unpaired) electrons. The van der Waals surface area contributed by atoms with Gasteiger partial charge in [0.2, 0.25) is 0 Å². The molecule has 1 aromatic carbocycles. The molecule has 1 aliphatic rings. The molecule has 0 saturated carbocycles. The van der Waals surface area contributed by atoms with Gasteiger partial charge in [0.15, 0.2) is 5.69 Å². The second-order valence-electron chi connectivity index (χ2n) is 5.63. The molecule has 5 nitrogen and oxygen atoms in total. The summed E-state index contributed by atoms with van der Waals surface area (Å²) in [5.41, 5.74) is 3.84. The molecule has 2 N–H and O–H groups in total. The quantitative estimate of drug-likeness (QED) is 0.761. The Morgan fingerprint density at radius 1 is 1.35 bits per heavy atom. The highest BCUT2D eigenvalue weighted by atomic mass is 79.9. The molecular weight excluding hydrogens is 356 g/mol. The van der Waals surface area contributed by atoms with Crippen LogP contribution >= 0.6 is 15.9 Å². The number of carbonyl (C=O) groups excluding carboxylic acids is 1. The van der Waals surface area contributed by atoms with Gasteiger partial charge in [-0.2, -0.15) is 5.10 Å². The molecule has 23 heavy (non-hydrogen) atoms. The van der Waals surface area contributed by atoms with Gasteiger partial charge in [0.1, 0.15) is 0 Å². The third-order valence-corrected chi connectivity index (χ3v) is 4.53. The SMILES string of the molecule is CCNCCNC(=O)c1nn(-c2cccc(Br)c2)c2c1CCC2. The highest BCUT2D eigenvalue weighted by Gasteiger charge is 2.26. The zero-order valence-corrected chi connectivity index (χ0v) is 14.8. The highest BCUT2D eigenvalue weighted by molar-refractivity contribution is 9.10. The van der Waals surface area contributed by atoms with Gasteiger partial charge < -0.3 is 10.6 Å². The maximum atomic E-state index is 12.5. The molecule has 1 aliphatic carbocycles. The fourth-order valence-corrected chi connectivity index (χ4v) is 3.35. The van der Waals surface area contributed by atoms with Crippen LogP contribution in [0.1, 0.15) is 35.1 Å². The van der Waals surface area contributed by atoms with Crippen LogP contribution in [0.25, 0.3) is 5.69 Å². The summed E-state index contributed by atoms with van der Waals surface area (Å²) >= 11 is 3.50. The summed E-state index contributed by atoms with van der Waals surface area (Å²) in [7, 11) is 0. The van der Waals surface area contributed by atoms with Crippen molar-refractivity contribution >= 4 is 21.8 Å². The number of hydrogen-bond acceptors (Lipinski definition) is 3. The van der Waals surface area contributed by atoms with Gasteiger partial charge in [0, 0.05) is 28.8 Å². The van der Waals surface area contributed by atoms with E-state index in [0.29, 0.717) is 12.2 Å². The number of halogens is 1. The molecule has 3 rings (SSSR count). The number of benzene rings is 1. The van der Waals surface area contributed by atoms with Crippen molar-refractivity contribution in [2.45, 2.75) is 26.2 Å². The van der Waals surface area contributed by atoms with E-state index in [4.69, 9.17) is 0 Å². The van der Waals surface area contributed by atoms with Crippen LogP contribution in [0.3, 0.4) is 0 Å². The van der Waals surface area contributed by atoms with E-state index in [1.165, 1.54) is 5.69 Å². The number of amides is 1. The Labute approximate surface area is 144 Å². The van der Waals surface area contributed by atoms with E-state index in [-0.39, 0.29) is 5.91 Å². The average Bonchev–Trinajstić information content (AvgIpc) is 3.13. The van der Waals surface area contributed by atoms with E-state index in [2.05, 4.69) is 31.7 Å². The van der Waals surface area contributed by atoms with Crippen LogP contribution in [0.2, 0.25) is 0 Å². The fraction of sp³-hybridized carbons (Fsp3) is 0.412. The number of nitrogens with one attached hydrogen (secondary N) is 2. The van der Waals surface area contributed by atoms with E-state index < -0.39 is 0 Å². The Balaban J connectivity index is 1.85. The zero-order chi connectivity index (χ0) is 16.2. The molecule has 1 amide bonds. The number of likely N-dealkylation sites (N-methyl/N-ethyl adjacent to an activating group) is 1. The summed E-state index contributed by atoms with van der Waals surface area (Å²) < 4.78 is 2.93. The van der Waals surface area contributed by atoms with E-state index in [1.54, 1.807) is 0 Å². The molecule has 0 fully saturated rings. The largest absolute Gasteiger partial charge is 0.349 e. The molecule has 0 unspecified atom stereocenters. The molecule has 122 valence electrons. The fourth-order valence-electron chi connectivity index (χ4n) is 2.97. The predicted molar refractivity (Wildman–Crippen MR) is 94.2 cm³/mol. The molecule has 0 spiro atoms. The summed E-state index contributed by atoms with van der Waals surface area (Å²) in [4.78, 5) is 12.5. The van der Waals surface area contributed by atoms with Crippen molar-refractivity contribution in [1.29, 1.82) is 0 Å². The first-order valence-corrected chi connectivity index (χ1v) is 8.85. The number of aromatic nitrogens is 2. The highest BCUT2D eigenvalue weighted by Crippen LogP contribution is 2.28. The van der Waals surface area contributed by atoms with Crippen molar-refractivity contribution in [3.63, 3.8) is 0 Å². The molecule has 1 heterocycles. The van der Waals surface area contributed by atoms with Gasteiger partial charge in [-0.05, 0) is 44.0 Å². The van der Waals surface area contributed by atoms with Crippen LogP contribution in [-0.2, 0) is 12.8 Å². The smallest absolute Gasteiger partial charge is 0.272 e. The molecule has 2 aromatic rings. The Morgan fingerprint density at radius 3 is 3.00 bits per heavy atom. The zero-order valence-electron chi connectivity index (χ0n) is 13.2. The monoisotopic (exact) mass is 376 g/mol. The molecule has 0 bridgehead atoms. The van der Waals surface area contributed by atoms with Crippen molar-refractivity contribution in [1.82, 2.24) is 20.4 Å². The minimum Gasteiger partial charge on any atom is -0.349 e. The first-order chi connectivity index (χ1) is 11.2. The topological polar surface area (TPSA) is 58.9 Å². The Morgan fingerprint density at radius 2 is 2.22 bits per heavy atom. The predicted octanol–water partition coefficient (Wildman–Crippen LogP) is 2.46. The third kappa shape index (κ3) is 3.48.